The van der Waals surface area contributed by atoms with Crippen molar-refractivity contribution in [3.8, 4) is 0 Å². The molecule has 2 heterocycles. The Balaban J connectivity index is 1.51. The molecule has 3 rings (SSSR count). The number of aliphatic hydroxyl groups excluding tert-OH is 1. The highest BCUT2D eigenvalue weighted by molar-refractivity contribution is 5.54. The number of nitrogens with one attached hydrogen (secondary N) is 1. The van der Waals surface area contributed by atoms with E-state index in [-0.39, 0.29) is 6.10 Å². The van der Waals surface area contributed by atoms with Gasteiger partial charge in [0.05, 0.1) is 6.10 Å². The van der Waals surface area contributed by atoms with Crippen LogP contribution < -0.4 is 5.32 Å². The Morgan fingerprint density at radius 2 is 1.95 bits per heavy atom. The van der Waals surface area contributed by atoms with Crippen molar-refractivity contribution in [2.75, 3.05) is 51.1 Å². The maximum Gasteiger partial charge on any atom is 0.0802 e. The first-order valence-electron chi connectivity index (χ1n) is 8.75. The molecule has 1 unspecified atom stereocenters. The minimum atomic E-state index is -0.337. The van der Waals surface area contributed by atoms with Crippen LogP contribution in [0.25, 0.3) is 0 Å². The second-order valence-electron chi connectivity index (χ2n) is 6.53. The normalized spacial score (nSPS) is 21.2. The van der Waals surface area contributed by atoms with Gasteiger partial charge >= 0.3 is 0 Å². The highest BCUT2D eigenvalue weighted by atomic mass is 16.3. The standard InChI is InChI=1S/C18H29N3O/c1-2-20-10-12-21(13-11-20)9-7-18(22)16-5-6-17-15(14-16)4-3-8-19-17/h5-6,14,18-19,22H,2-4,7-13H2,1H3. The summed E-state index contributed by atoms with van der Waals surface area (Å²) < 4.78 is 0. The molecule has 1 saturated heterocycles. The van der Waals surface area contributed by atoms with Crippen LogP contribution in [0.1, 0.15) is 37.0 Å². The van der Waals surface area contributed by atoms with Crippen molar-refractivity contribution in [1.82, 2.24) is 9.80 Å². The number of rotatable bonds is 5. The number of nitrogens with zero attached hydrogens (tertiary/aromatic N) is 2. The van der Waals surface area contributed by atoms with Crippen molar-refractivity contribution in [1.29, 1.82) is 0 Å². The molecule has 122 valence electrons. The van der Waals surface area contributed by atoms with Crippen molar-refractivity contribution >= 4 is 5.69 Å². The third-order valence-corrected chi connectivity index (χ3v) is 5.08. The molecule has 1 aromatic carbocycles. The summed E-state index contributed by atoms with van der Waals surface area (Å²) in [7, 11) is 0. The number of piperazine rings is 1. The number of aryl methyl sites for hydroxylation is 1. The van der Waals surface area contributed by atoms with Gasteiger partial charge in [0, 0.05) is 45.0 Å². The van der Waals surface area contributed by atoms with Gasteiger partial charge in [-0.3, -0.25) is 0 Å². The molecule has 2 aliphatic heterocycles. The lowest BCUT2D eigenvalue weighted by atomic mass is 9.97. The summed E-state index contributed by atoms with van der Waals surface area (Å²) in [4.78, 5) is 4.97. The van der Waals surface area contributed by atoms with Gasteiger partial charge in [-0.1, -0.05) is 19.1 Å². The fourth-order valence-corrected chi connectivity index (χ4v) is 3.50. The highest BCUT2D eigenvalue weighted by Gasteiger charge is 2.18. The zero-order valence-corrected chi connectivity index (χ0v) is 13.7. The van der Waals surface area contributed by atoms with Gasteiger partial charge < -0.3 is 20.2 Å². The molecule has 1 aromatic rings. The fraction of sp³-hybridized carbons (Fsp3) is 0.667. The van der Waals surface area contributed by atoms with E-state index in [1.54, 1.807) is 0 Å². The smallest absolute Gasteiger partial charge is 0.0802 e. The Morgan fingerprint density at radius 3 is 2.73 bits per heavy atom. The van der Waals surface area contributed by atoms with Crippen molar-refractivity contribution in [3.63, 3.8) is 0 Å². The van der Waals surface area contributed by atoms with Crippen molar-refractivity contribution in [3.05, 3.63) is 29.3 Å². The van der Waals surface area contributed by atoms with Gasteiger partial charge in [0.15, 0.2) is 0 Å². The quantitative estimate of drug-likeness (QED) is 0.874. The van der Waals surface area contributed by atoms with E-state index >= 15 is 0 Å². The minimum absolute atomic E-state index is 0.337. The summed E-state index contributed by atoms with van der Waals surface area (Å²) in [5.41, 5.74) is 3.69. The average Bonchev–Trinajstić information content (AvgIpc) is 2.59. The van der Waals surface area contributed by atoms with Crippen molar-refractivity contribution in [2.45, 2.75) is 32.3 Å². The molecule has 22 heavy (non-hydrogen) atoms. The van der Waals surface area contributed by atoms with Crippen LogP contribution in [0.3, 0.4) is 0 Å². The third-order valence-electron chi connectivity index (χ3n) is 5.08. The van der Waals surface area contributed by atoms with Crippen LogP contribution in [0, 0.1) is 0 Å². The molecule has 0 spiro atoms. The number of hydrogen-bond acceptors (Lipinski definition) is 4. The van der Waals surface area contributed by atoms with E-state index < -0.39 is 0 Å². The number of anilines is 1. The summed E-state index contributed by atoms with van der Waals surface area (Å²) in [6.07, 6.45) is 2.81. The first-order chi connectivity index (χ1) is 10.8. The van der Waals surface area contributed by atoms with Crippen LogP contribution in [0.4, 0.5) is 5.69 Å². The fourth-order valence-electron chi connectivity index (χ4n) is 3.50. The molecule has 0 radical (unpaired) electrons. The second kappa shape index (κ2) is 7.44. The van der Waals surface area contributed by atoms with Crippen LogP contribution in [-0.4, -0.2) is 60.7 Å². The molecule has 0 aromatic heterocycles. The number of aliphatic hydroxyl groups is 1. The number of benzene rings is 1. The second-order valence-corrected chi connectivity index (χ2v) is 6.53. The zero-order chi connectivity index (χ0) is 15.4. The topological polar surface area (TPSA) is 38.7 Å². The molecule has 0 bridgehead atoms. The Hall–Kier alpha value is -1.10. The van der Waals surface area contributed by atoms with E-state index in [0.29, 0.717) is 0 Å². The van der Waals surface area contributed by atoms with Gasteiger partial charge in [-0.2, -0.15) is 0 Å². The summed E-state index contributed by atoms with van der Waals surface area (Å²) in [6, 6.07) is 6.41. The monoisotopic (exact) mass is 303 g/mol. The Bertz CT molecular complexity index is 483. The van der Waals surface area contributed by atoms with Gasteiger partial charge in [0.2, 0.25) is 0 Å². The predicted molar refractivity (Wildman–Crippen MR) is 91.4 cm³/mol. The van der Waals surface area contributed by atoms with Crippen molar-refractivity contribution < 1.29 is 5.11 Å². The van der Waals surface area contributed by atoms with E-state index in [0.717, 1.165) is 64.2 Å². The molecule has 2 N–H and O–H groups in total. The molecule has 4 heteroatoms. The molecular formula is C18H29N3O. The van der Waals surface area contributed by atoms with Crippen LogP contribution in [0.2, 0.25) is 0 Å². The number of hydrogen-bond donors (Lipinski definition) is 2. The van der Waals surface area contributed by atoms with E-state index in [2.05, 4.69) is 40.2 Å². The van der Waals surface area contributed by atoms with Crippen LogP contribution >= 0.6 is 0 Å². The lowest BCUT2D eigenvalue weighted by Crippen LogP contribution is -2.46. The van der Waals surface area contributed by atoms with E-state index in [9.17, 15) is 5.11 Å². The number of likely N-dealkylation sites (N-methyl/N-ethyl adjacent to an activating group) is 1. The average molecular weight is 303 g/mol. The predicted octanol–water partition coefficient (Wildman–Crippen LogP) is 2.11. The maximum absolute atomic E-state index is 10.5. The summed E-state index contributed by atoms with van der Waals surface area (Å²) in [6.45, 7) is 10.0. The molecule has 1 fully saturated rings. The van der Waals surface area contributed by atoms with Gasteiger partial charge in [-0.05, 0) is 43.0 Å². The molecule has 4 nitrogen and oxygen atoms in total. The van der Waals surface area contributed by atoms with Crippen LogP contribution in [-0.2, 0) is 6.42 Å². The lowest BCUT2D eigenvalue weighted by Gasteiger charge is -2.34. The van der Waals surface area contributed by atoms with Gasteiger partial charge in [-0.25, -0.2) is 0 Å². The first kappa shape index (κ1) is 15.8. The van der Waals surface area contributed by atoms with E-state index in [1.807, 2.05) is 0 Å². The minimum Gasteiger partial charge on any atom is -0.388 e. The maximum atomic E-state index is 10.5. The van der Waals surface area contributed by atoms with Crippen LogP contribution in [0.15, 0.2) is 18.2 Å². The lowest BCUT2D eigenvalue weighted by molar-refractivity contribution is 0.105. The Labute approximate surface area is 134 Å². The van der Waals surface area contributed by atoms with Gasteiger partial charge in [0.1, 0.15) is 0 Å². The van der Waals surface area contributed by atoms with E-state index in [1.165, 1.54) is 17.7 Å². The third kappa shape index (κ3) is 3.80. The molecule has 0 aliphatic carbocycles. The zero-order valence-electron chi connectivity index (χ0n) is 13.7. The molecular weight excluding hydrogens is 274 g/mol. The summed E-state index contributed by atoms with van der Waals surface area (Å²) in [5.74, 6) is 0. The number of fused-ring (bicyclic) bond motifs is 1. The Kier molecular flexibility index (Phi) is 5.34. The summed E-state index contributed by atoms with van der Waals surface area (Å²) >= 11 is 0. The first-order valence-corrected chi connectivity index (χ1v) is 8.75. The summed E-state index contributed by atoms with van der Waals surface area (Å²) in [5, 5.41) is 13.9. The highest BCUT2D eigenvalue weighted by Crippen LogP contribution is 2.27. The molecule has 0 amide bonds. The SMILES string of the molecule is CCN1CCN(CCC(O)c2ccc3c(c2)CCCN3)CC1. The largest absolute Gasteiger partial charge is 0.388 e. The molecule has 1 atom stereocenters. The Morgan fingerprint density at radius 1 is 1.18 bits per heavy atom. The van der Waals surface area contributed by atoms with Gasteiger partial charge in [-0.15, -0.1) is 0 Å². The molecule has 2 aliphatic rings. The van der Waals surface area contributed by atoms with E-state index in [4.69, 9.17) is 0 Å². The molecule has 0 saturated carbocycles. The van der Waals surface area contributed by atoms with Gasteiger partial charge in [0.25, 0.3) is 0 Å². The van der Waals surface area contributed by atoms with Crippen LogP contribution in [0.5, 0.6) is 0 Å². The van der Waals surface area contributed by atoms with Crippen molar-refractivity contribution in [2.24, 2.45) is 0 Å².